The van der Waals surface area contributed by atoms with E-state index in [2.05, 4.69) is 5.32 Å². The minimum absolute atomic E-state index is 0.0133. The van der Waals surface area contributed by atoms with Gasteiger partial charge in [0.15, 0.2) is 0 Å². The van der Waals surface area contributed by atoms with Gasteiger partial charge in [0.1, 0.15) is 5.75 Å². The molecule has 0 aliphatic carbocycles. The molecule has 6 nitrogen and oxygen atoms in total. The van der Waals surface area contributed by atoms with E-state index in [9.17, 15) is 14.9 Å². The molecule has 1 N–H and O–H groups in total. The maximum Gasteiger partial charge on any atom is 0.269 e. The number of non-ortho nitro benzene ring substituents is 1. The number of rotatable bonds is 6. The molecule has 2 aromatic rings. The smallest absolute Gasteiger partial charge is 0.269 e. The van der Waals surface area contributed by atoms with Gasteiger partial charge in [0.2, 0.25) is 5.91 Å². The van der Waals surface area contributed by atoms with Crippen LogP contribution in [0.5, 0.6) is 5.75 Å². The Balaban J connectivity index is 1.98. The van der Waals surface area contributed by atoms with Crippen molar-refractivity contribution in [3.05, 3.63) is 70.3 Å². The molecule has 0 aliphatic rings. The number of benzene rings is 2. The van der Waals surface area contributed by atoms with Crippen molar-refractivity contribution in [3.8, 4) is 5.75 Å². The third-order valence-electron chi connectivity index (χ3n) is 2.94. The van der Waals surface area contributed by atoms with Crippen LogP contribution in [0.4, 0.5) is 11.4 Å². The predicted molar refractivity (Wildman–Crippen MR) is 88.4 cm³/mol. The third kappa shape index (κ3) is 4.96. The number of nitrogens with zero attached hydrogens (tertiary/aromatic N) is 1. The summed E-state index contributed by atoms with van der Waals surface area (Å²) in [4.78, 5) is 22.0. The Morgan fingerprint density at radius 2 is 2.00 bits per heavy atom. The number of nitro benzene ring substituents is 1. The van der Waals surface area contributed by atoms with E-state index in [1.54, 1.807) is 36.4 Å². The normalized spacial score (nSPS) is 10.5. The van der Waals surface area contributed by atoms with Crippen LogP contribution in [0, 0.1) is 10.1 Å². The molecule has 118 valence electrons. The number of hydrogen-bond donors (Lipinski definition) is 1. The average molecular weight is 312 g/mol. The Kier molecular flexibility index (Phi) is 5.46. The van der Waals surface area contributed by atoms with Crippen LogP contribution in [0.2, 0.25) is 0 Å². The zero-order chi connectivity index (χ0) is 16.7. The highest BCUT2D eigenvalue weighted by atomic mass is 16.6. The quantitative estimate of drug-likeness (QED) is 0.501. The van der Waals surface area contributed by atoms with Gasteiger partial charge in [-0.25, -0.2) is 0 Å². The molecule has 0 saturated heterocycles. The molecule has 2 aromatic carbocycles. The van der Waals surface area contributed by atoms with Gasteiger partial charge in [-0.3, -0.25) is 14.9 Å². The second-order valence-corrected chi connectivity index (χ2v) is 4.63. The molecular weight excluding hydrogens is 296 g/mol. The van der Waals surface area contributed by atoms with Crippen LogP contribution in [0.25, 0.3) is 6.08 Å². The first-order valence-electron chi connectivity index (χ1n) is 7.05. The maximum atomic E-state index is 11.9. The summed E-state index contributed by atoms with van der Waals surface area (Å²) in [6.45, 7) is 2.44. The van der Waals surface area contributed by atoms with Gasteiger partial charge < -0.3 is 10.1 Å². The predicted octanol–water partition coefficient (Wildman–Crippen LogP) is 3.65. The van der Waals surface area contributed by atoms with E-state index >= 15 is 0 Å². The second kappa shape index (κ2) is 7.74. The summed E-state index contributed by atoms with van der Waals surface area (Å²) in [5.74, 6) is 0.390. The van der Waals surface area contributed by atoms with Crippen molar-refractivity contribution in [2.75, 3.05) is 11.9 Å². The van der Waals surface area contributed by atoms with Gasteiger partial charge in [-0.1, -0.05) is 6.07 Å². The highest BCUT2D eigenvalue weighted by Crippen LogP contribution is 2.17. The van der Waals surface area contributed by atoms with E-state index in [0.717, 1.165) is 0 Å². The van der Waals surface area contributed by atoms with E-state index in [1.165, 1.54) is 18.2 Å². The van der Waals surface area contributed by atoms with Crippen molar-refractivity contribution in [1.29, 1.82) is 0 Å². The number of ether oxygens (including phenoxy) is 1. The fourth-order valence-corrected chi connectivity index (χ4v) is 1.89. The van der Waals surface area contributed by atoms with E-state index < -0.39 is 4.92 Å². The standard InChI is InChI=1S/C17H16N2O4/c1-2-23-16-5-3-4-14(12-16)18-17(20)11-8-13-6-9-15(10-7-13)19(21)22/h3-12H,2H2,1H3,(H,18,20)/b11-8+. The minimum atomic E-state index is -0.467. The highest BCUT2D eigenvalue weighted by Gasteiger charge is 2.03. The minimum Gasteiger partial charge on any atom is -0.494 e. The van der Waals surface area contributed by atoms with Gasteiger partial charge in [-0.05, 0) is 42.8 Å². The summed E-state index contributed by atoms with van der Waals surface area (Å²) < 4.78 is 5.36. The van der Waals surface area contributed by atoms with Crippen LogP contribution < -0.4 is 10.1 Å². The molecule has 1 amide bonds. The average Bonchev–Trinajstić information content (AvgIpc) is 2.54. The molecule has 0 aliphatic heterocycles. The summed E-state index contributed by atoms with van der Waals surface area (Å²) in [5, 5.41) is 13.3. The molecule has 0 spiro atoms. The number of hydrogen-bond acceptors (Lipinski definition) is 4. The van der Waals surface area contributed by atoms with Crippen molar-refractivity contribution < 1.29 is 14.5 Å². The Hall–Kier alpha value is -3.15. The Morgan fingerprint density at radius 1 is 1.26 bits per heavy atom. The van der Waals surface area contributed by atoms with Crippen LogP contribution in [-0.4, -0.2) is 17.4 Å². The number of carbonyl (C=O) groups is 1. The van der Waals surface area contributed by atoms with Gasteiger partial charge in [-0.2, -0.15) is 0 Å². The van der Waals surface area contributed by atoms with Crippen LogP contribution in [-0.2, 0) is 4.79 Å². The topological polar surface area (TPSA) is 81.5 Å². The summed E-state index contributed by atoms with van der Waals surface area (Å²) >= 11 is 0. The SMILES string of the molecule is CCOc1cccc(NC(=O)/C=C/c2ccc([N+](=O)[O-])cc2)c1. The lowest BCUT2D eigenvalue weighted by molar-refractivity contribution is -0.384. The summed E-state index contributed by atoms with van der Waals surface area (Å²) in [6, 6.07) is 13.1. The van der Waals surface area contributed by atoms with Crippen molar-refractivity contribution in [2.24, 2.45) is 0 Å². The molecule has 0 bridgehead atoms. The fraction of sp³-hybridized carbons (Fsp3) is 0.118. The van der Waals surface area contributed by atoms with Gasteiger partial charge in [0, 0.05) is 30.0 Å². The lowest BCUT2D eigenvalue weighted by Gasteiger charge is -2.06. The maximum absolute atomic E-state index is 11.9. The first-order valence-corrected chi connectivity index (χ1v) is 7.05. The van der Waals surface area contributed by atoms with Crippen molar-refractivity contribution in [3.63, 3.8) is 0 Å². The summed E-state index contributed by atoms with van der Waals surface area (Å²) in [5.41, 5.74) is 1.35. The molecular formula is C17H16N2O4. The van der Waals surface area contributed by atoms with Gasteiger partial charge in [0.05, 0.1) is 11.5 Å². The van der Waals surface area contributed by atoms with Crippen molar-refractivity contribution in [2.45, 2.75) is 6.92 Å². The molecule has 0 radical (unpaired) electrons. The molecule has 23 heavy (non-hydrogen) atoms. The van der Waals surface area contributed by atoms with Crippen molar-refractivity contribution >= 4 is 23.4 Å². The van der Waals surface area contributed by atoms with Crippen LogP contribution in [0.15, 0.2) is 54.6 Å². The number of nitrogens with one attached hydrogen (secondary N) is 1. The molecule has 0 aromatic heterocycles. The molecule has 0 heterocycles. The second-order valence-electron chi connectivity index (χ2n) is 4.63. The zero-order valence-corrected chi connectivity index (χ0v) is 12.6. The van der Waals surface area contributed by atoms with E-state index in [-0.39, 0.29) is 11.6 Å². The largest absolute Gasteiger partial charge is 0.494 e. The van der Waals surface area contributed by atoms with E-state index in [1.807, 2.05) is 13.0 Å². The van der Waals surface area contributed by atoms with Gasteiger partial charge >= 0.3 is 0 Å². The first-order chi connectivity index (χ1) is 11.1. The van der Waals surface area contributed by atoms with Crippen LogP contribution in [0.3, 0.4) is 0 Å². The van der Waals surface area contributed by atoms with Crippen LogP contribution in [0.1, 0.15) is 12.5 Å². The number of amides is 1. The molecule has 0 fully saturated rings. The Labute approximate surface area is 133 Å². The van der Waals surface area contributed by atoms with Gasteiger partial charge in [0.25, 0.3) is 5.69 Å². The zero-order valence-electron chi connectivity index (χ0n) is 12.6. The lowest BCUT2D eigenvalue weighted by Crippen LogP contribution is -2.07. The van der Waals surface area contributed by atoms with Crippen LogP contribution >= 0.6 is 0 Å². The molecule has 0 atom stereocenters. The fourth-order valence-electron chi connectivity index (χ4n) is 1.89. The first kappa shape index (κ1) is 16.2. The van der Waals surface area contributed by atoms with Crippen molar-refractivity contribution in [1.82, 2.24) is 0 Å². The lowest BCUT2D eigenvalue weighted by atomic mass is 10.2. The molecule has 0 unspecified atom stereocenters. The Morgan fingerprint density at radius 3 is 2.65 bits per heavy atom. The summed E-state index contributed by atoms with van der Waals surface area (Å²) in [6.07, 6.45) is 2.96. The molecule has 6 heteroatoms. The van der Waals surface area contributed by atoms with E-state index in [4.69, 9.17) is 4.74 Å². The Bertz CT molecular complexity index is 724. The number of anilines is 1. The summed E-state index contributed by atoms with van der Waals surface area (Å²) in [7, 11) is 0. The third-order valence-corrected chi connectivity index (χ3v) is 2.94. The molecule has 2 rings (SSSR count). The number of nitro groups is 1. The highest BCUT2D eigenvalue weighted by molar-refractivity contribution is 6.02. The van der Waals surface area contributed by atoms with E-state index in [0.29, 0.717) is 23.6 Å². The monoisotopic (exact) mass is 312 g/mol. The molecule has 0 saturated carbocycles. The van der Waals surface area contributed by atoms with Gasteiger partial charge in [-0.15, -0.1) is 0 Å². The number of carbonyl (C=O) groups excluding carboxylic acids is 1.